The van der Waals surface area contributed by atoms with Crippen LogP contribution < -0.4 is 0 Å². The van der Waals surface area contributed by atoms with Gasteiger partial charge in [0.25, 0.3) is 0 Å². The van der Waals surface area contributed by atoms with Crippen molar-refractivity contribution >= 4 is 44.5 Å². The molecule has 3 aromatic rings. The molecule has 2 aromatic heterocycles. The Morgan fingerprint density at radius 2 is 2.09 bits per heavy atom. The minimum Gasteiger partial charge on any atom is -0.235 e. The summed E-state index contributed by atoms with van der Waals surface area (Å²) in [5.41, 5.74) is 1.15. The third kappa shape index (κ3) is 3.14. The molecule has 0 amide bonds. The number of allylic oxidation sites excluding steroid dienone is 1. The number of alkyl halides is 3. The number of fused-ring (bicyclic) bond motifs is 1. The van der Waals surface area contributed by atoms with Crippen molar-refractivity contribution in [1.82, 2.24) is 4.98 Å². The van der Waals surface area contributed by atoms with E-state index < -0.39 is 11.7 Å². The van der Waals surface area contributed by atoms with E-state index in [1.165, 1.54) is 17.4 Å². The van der Waals surface area contributed by atoms with Gasteiger partial charge in [0.2, 0.25) is 0 Å². The SMILES string of the molecule is Cc1ccsc1/C=C(\C#N)c1nc2ccc(C(F)(F)F)cc2s1. The number of halogens is 3. The molecule has 0 saturated heterocycles. The molecule has 0 unspecified atom stereocenters. The lowest BCUT2D eigenvalue weighted by atomic mass is 10.2. The second kappa shape index (κ2) is 5.80. The Morgan fingerprint density at radius 3 is 2.70 bits per heavy atom. The van der Waals surface area contributed by atoms with Crippen molar-refractivity contribution in [3.8, 4) is 6.07 Å². The number of aromatic nitrogens is 1. The molecular weight excluding hydrogens is 341 g/mol. The van der Waals surface area contributed by atoms with E-state index >= 15 is 0 Å². The van der Waals surface area contributed by atoms with Crippen molar-refractivity contribution in [3.63, 3.8) is 0 Å². The van der Waals surface area contributed by atoms with Crippen molar-refractivity contribution < 1.29 is 13.2 Å². The number of hydrogen-bond acceptors (Lipinski definition) is 4. The van der Waals surface area contributed by atoms with Gasteiger partial charge in [0, 0.05) is 4.88 Å². The molecule has 0 aliphatic rings. The zero-order valence-corrected chi connectivity index (χ0v) is 13.4. The summed E-state index contributed by atoms with van der Waals surface area (Å²) in [6.07, 6.45) is -2.66. The fourth-order valence-corrected chi connectivity index (χ4v) is 3.85. The van der Waals surface area contributed by atoms with Gasteiger partial charge in [-0.05, 0) is 48.2 Å². The minimum atomic E-state index is -4.39. The van der Waals surface area contributed by atoms with E-state index in [0.717, 1.165) is 33.9 Å². The van der Waals surface area contributed by atoms with Gasteiger partial charge in [-0.2, -0.15) is 18.4 Å². The third-order valence-corrected chi connectivity index (χ3v) is 5.26. The normalized spacial score (nSPS) is 12.6. The topological polar surface area (TPSA) is 36.7 Å². The first kappa shape index (κ1) is 15.7. The largest absolute Gasteiger partial charge is 0.416 e. The second-order valence-electron chi connectivity index (χ2n) is 4.84. The fourth-order valence-electron chi connectivity index (χ4n) is 2.02. The Labute approximate surface area is 138 Å². The van der Waals surface area contributed by atoms with E-state index in [2.05, 4.69) is 11.1 Å². The minimum absolute atomic E-state index is 0.352. The number of hydrogen-bond donors (Lipinski definition) is 0. The van der Waals surface area contributed by atoms with Gasteiger partial charge in [-0.15, -0.1) is 22.7 Å². The summed E-state index contributed by atoms with van der Waals surface area (Å²) in [7, 11) is 0. The predicted molar refractivity (Wildman–Crippen MR) is 87.2 cm³/mol. The van der Waals surface area contributed by atoms with Crippen molar-refractivity contribution in [2.24, 2.45) is 0 Å². The number of benzene rings is 1. The van der Waals surface area contributed by atoms with Crippen LogP contribution in [0.1, 0.15) is 21.0 Å². The maximum Gasteiger partial charge on any atom is 0.416 e. The van der Waals surface area contributed by atoms with E-state index in [0.29, 0.717) is 20.8 Å². The fraction of sp³-hybridized carbons (Fsp3) is 0.125. The van der Waals surface area contributed by atoms with Gasteiger partial charge < -0.3 is 0 Å². The third-order valence-electron chi connectivity index (χ3n) is 3.24. The van der Waals surface area contributed by atoms with Crippen LogP contribution in [0, 0.1) is 18.3 Å². The molecule has 3 rings (SSSR count). The van der Waals surface area contributed by atoms with Crippen LogP contribution in [0.25, 0.3) is 21.9 Å². The van der Waals surface area contributed by atoms with Crippen LogP contribution in [0.3, 0.4) is 0 Å². The van der Waals surface area contributed by atoms with Crippen LogP contribution >= 0.6 is 22.7 Å². The zero-order valence-electron chi connectivity index (χ0n) is 11.8. The molecule has 0 spiro atoms. The highest BCUT2D eigenvalue weighted by atomic mass is 32.1. The van der Waals surface area contributed by atoms with Crippen LogP contribution in [-0.4, -0.2) is 4.98 Å². The van der Waals surface area contributed by atoms with Crippen LogP contribution in [0.2, 0.25) is 0 Å². The zero-order chi connectivity index (χ0) is 16.6. The first-order valence-corrected chi connectivity index (χ1v) is 8.22. The molecule has 0 aliphatic heterocycles. The van der Waals surface area contributed by atoms with E-state index in [4.69, 9.17) is 0 Å². The van der Waals surface area contributed by atoms with Crippen molar-refractivity contribution in [2.45, 2.75) is 13.1 Å². The molecule has 2 heterocycles. The smallest absolute Gasteiger partial charge is 0.235 e. The lowest BCUT2D eigenvalue weighted by Crippen LogP contribution is -2.03. The number of aryl methyl sites for hydroxylation is 1. The van der Waals surface area contributed by atoms with Crippen molar-refractivity contribution in [1.29, 1.82) is 5.26 Å². The monoisotopic (exact) mass is 350 g/mol. The van der Waals surface area contributed by atoms with E-state index in [1.807, 2.05) is 18.4 Å². The molecule has 23 heavy (non-hydrogen) atoms. The van der Waals surface area contributed by atoms with Crippen LogP contribution in [-0.2, 0) is 6.18 Å². The molecule has 0 bridgehead atoms. The Hall–Kier alpha value is -2.17. The Bertz CT molecular complexity index is 942. The highest BCUT2D eigenvalue weighted by molar-refractivity contribution is 7.19. The molecular formula is C16H9F3N2S2. The quantitative estimate of drug-likeness (QED) is 0.552. The molecule has 116 valence electrons. The molecule has 0 atom stereocenters. The predicted octanol–water partition coefficient (Wildman–Crippen LogP) is 5.75. The summed E-state index contributed by atoms with van der Waals surface area (Å²) in [4.78, 5) is 5.22. The number of thiazole rings is 1. The Morgan fingerprint density at radius 1 is 1.30 bits per heavy atom. The van der Waals surface area contributed by atoms with Gasteiger partial charge >= 0.3 is 6.18 Å². The Balaban J connectivity index is 2.07. The van der Waals surface area contributed by atoms with Crippen LogP contribution in [0.5, 0.6) is 0 Å². The highest BCUT2D eigenvalue weighted by Crippen LogP contribution is 2.35. The molecule has 0 saturated carbocycles. The molecule has 7 heteroatoms. The average Bonchev–Trinajstić information content (AvgIpc) is 3.08. The maximum absolute atomic E-state index is 12.8. The van der Waals surface area contributed by atoms with Gasteiger partial charge in [-0.25, -0.2) is 4.98 Å². The summed E-state index contributed by atoms with van der Waals surface area (Å²) in [5.74, 6) is 0. The van der Waals surface area contributed by atoms with Gasteiger partial charge in [-0.3, -0.25) is 0 Å². The second-order valence-corrected chi connectivity index (χ2v) is 6.82. The molecule has 0 N–H and O–H groups in total. The summed E-state index contributed by atoms with van der Waals surface area (Å²) in [5, 5.41) is 11.7. The van der Waals surface area contributed by atoms with E-state index in [9.17, 15) is 18.4 Å². The summed E-state index contributed by atoms with van der Waals surface area (Å²) in [6.45, 7) is 1.94. The maximum atomic E-state index is 12.8. The molecule has 1 aromatic carbocycles. The van der Waals surface area contributed by atoms with Gasteiger partial charge in [-0.1, -0.05) is 0 Å². The molecule has 0 fully saturated rings. The molecule has 0 aliphatic carbocycles. The highest BCUT2D eigenvalue weighted by Gasteiger charge is 2.30. The van der Waals surface area contributed by atoms with Crippen LogP contribution in [0.15, 0.2) is 29.6 Å². The molecule has 0 radical (unpaired) electrons. The van der Waals surface area contributed by atoms with Crippen molar-refractivity contribution in [3.05, 3.63) is 50.7 Å². The van der Waals surface area contributed by atoms with Gasteiger partial charge in [0.15, 0.2) is 0 Å². The van der Waals surface area contributed by atoms with E-state index in [1.54, 1.807) is 6.08 Å². The molecule has 2 nitrogen and oxygen atoms in total. The first-order valence-electron chi connectivity index (χ1n) is 6.52. The first-order chi connectivity index (χ1) is 10.9. The summed E-state index contributed by atoms with van der Waals surface area (Å²) >= 11 is 2.59. The Kier molecular flexibility index (Phi) is 3.96. The summed E-state index contributed by atoms with van der Waals surface area (Å²) in [6, 6.07) is 7.44. The number of nitriles is 1. The van der Waals surface area contributed by atoms with Crippen LogP contribution in [0.4, 0.5) is 13.2 Å². The van der Waals surface area contributed by atoms with Gasteiger partial charge in [0.05, 0.1) is 21.4 Å². The number of thiophene rings is 1. The summed E-state index contributed by atoms with van der Waals surface area (Å²) < 4.78 is 38.7. The van der Waals surface area contributed by atoms with Gasteiger partial charge in [0.1, 0.15) is 11.1 Å². The number of nitrogens with zero attached hydrogens (tertiary/aromatic N) is 2. The van der Waals surface area contributed by atoms with E-state index in [-0.39, 0.29) is 0 Å². The average molecular weight is 350 g/mol. The number of rotatable bonds is 2. The van der Waals surface area contributed by atoms with Crippen molar-refractivity contribution in [2.75, 3.05) is 0 Å². The lowest BCUT2D eigenvalue weighted by molar-refractivity contribution is -0.137. The lowest BCUT2D eigenvalue weighted by Gasteiger charge is -2.04. The standard InChI is InChI=1S/C16H9F3N2S2/c1-9-4-5-22-13(9)6-10(8-20)15-21-12-3-2-11(16(17,18)19)7-14(12)23-15/h2-7H,1H3/b10-6+.